The fourth-order valence-electron chi connectivity index (χ4n) is 1.38. The third kappa shape index (κ3) is 2.98. The minimum Gasteiger partial charge on any atom is -0.489 e. The molecule has 0 saturated carbocycles. The average molecular weight is 251 g/mol. The number of aliphatic hydroxyl groups excluding tert-OH is 1. The number of hydrogen-bond acceptors (Lipinski definition) is 6. The van der Waals surface area contributed by atoms with E-state index in [1.165, 1.54) is 0 Å². The van der Waals surface area contributed by atoms with Gasteiger partial charge in [0.25, 0.3) is 0 Å². The topological polar surface area (TPSA) is 68.1 Å². The molecule has 2 aromatic rings. The van der Waals surface area contributed by atoms with Crippen LogP contribution in [0.5, 0.6) is 5.75 Å². The maximum Gasteiger partial charge on any atom is 0.138 e. The van der Waals surface area contributed by atoms with Crippen LogP contribution in [0.2, 0.25) is 0 Å². The van der Waals surface area contributed by atoms with Crippen molar-refractivity contribution in [1.29, 1.82) is 0 Å². The molecule has 0 amide bonds. The maximum absolute atomic E-state index is 10.0. The largest absolute Gasteiger partial charge is 0.489 e. The summed E-state index contributed by atoms with van der Waals surface area (Å²) in [7, 11) is 0. The molecule has 0 spiro atoms. The van der Waals surface area contributed by atoms with E-state index in [-0.39, 0.29) is 6.10 Å². The van der Waals surface area contributed by atoms with Gasteiger partial charge in [-0.15, -0.1) is 0 Å². The molecule has 1 unspecified atom stereocenters. The van der Waals surface area contributed by atoms with Crippen LogP contribution >= 0.6 is 11.7 Å². The highest BCUT2D eigenvalue weighted by atomic mass is 32.1. The molecule has 0 aliphatic heterocycles. The van der Waals surface area contributed by atoms with E-state index in [1.54, 1.807) is 24.7 Å². The maximum atomic E-state index is 10.0. The van der Waals surface area contributed by atoms with Crippen LogP contribution in [-0.4, -0.2) is 24.9 Å². The second-order valence-corrected chi connectivity index (χ2v) is 4.41. The van der Waals surface area contributed by atoms with Crippen molar-refractivity contribution in [2.45, 2.75) is 26.1 Å². The Morgan fingerprint density at radius 1 is 1.29 bits per heavy atom. The van der Waals surface area contributed by atoms with E-state index in [0.717, 1.165) is 11.7 Å². The van der Waals surface area contributed by atoms with Gasteiger partial charge in [-0.05, 0) is 19.9 Å². The Morgan fingerprint density at radius 2 is 2.12 bits per heavy atom. The SMILES string of the molecule is CC(C)Oc1cncc(C(O)c2cnsn2)c1. The molecule has 6 heteroatoms. The second-order valence-electron chi connectivity index (χ2n) is 3.86. The molecule has 0 bridgehead atoms. The normalized spacial score (nSPS) is 12.7. The molecule has 2 heterocycles. The van der Waals surface area contributed by atoms with Crippen molar-refractivity contribution in [3.8, 4) is 5.75 Å². The fourth-order valence-corrected chi connectivity index (χ4v) is 1.83. The summed E-state index contributed by atoms with van der Waals surface area (Å²) in [5.74, 6) is 0.639. The minimum absolute atomic E-state index is 0.0742. The molecule has 0 fully saturated rings. The summed E-state index contributed by atoms with van der Waals surface area (Å²) in [5, 5.41) is 10.0. The van der Waals surface area contributed by atoms with Crippen molar-refractivity contribution in [3.63, 3.8) is 0 Å². The van der Waals surface area contributed by atoms with Crippen molar-refractivity contribution in [1.82, 2.24) is 13.7 Å². The summed E-state index contributed by atoms with van der Waals surface area (Å²) < 4.78 is 13.4. The van der Waals surface area contributed by atoms with Gasteiger partial charge in [0.05, 0.1) is 30.2 Å². The van der Waals surface area contributed by atoms with Gasteiger partial charge in [0.1, 0.15) is 17.5 Å². The number of hydrogen-bond donors (Lipinski definition) is 1. The van der Waals surface area contributed by atoms with Crippen molar-refractivity contribution in [3.05, 3.63) is 35.9 Å². The highest BCUT2D eigenvalue weighted by Crippen LogP contribution is 2.23. The number of rotatable bonds is 4. The third-order valence-corrected chi connectivity index (χ3v) is 2.57. The van der Waals surface area contributed by atoms with E-state index in [0.29, 0.717) is 17.0 Å². The first kappa shape index (κ1) is 11.9. The van der Waals surface area contributed by atoms with Crippen molar-refractivity contribution in [2.24, 2.45) is 0 Å². The molecule has 0 aliphatic carbocycles. The molecule has 0 radical (unpaired) electrons. The Bertz CT molecular complexity index is 473. The monoisotopic (exact) mass is 251 g/mol. The van der Waals surface area contributed by atoms with Gasteiger partial charge in [-0.1, -0.05) is 0 Å². The average Bonchev–Trinajstić information content (AvgIpc) is 2.81. The lowest BCUT2D eigenvalue weighted by molar-refractivity contribution is 0.212. The Kier molecular flexibility index (Phi) is 3.65. The van der Waals surface area contributed by atoms with Gasteiger partial charge in [-0.3, -0.25) is 4.98 Å². The summed E-state index contributed by atoms with van der Waals surface area (Å²) in [6.07, 6.45) is 4.03. The first-order chi connectivity index (χ1) is 8.16. The molecular weight excluding hydrogens is 238 g/mol. The van der Waals surface area contributed by atoms with Crippen LogP contribution < -0.4 is 4.74 Å². The van der Waals surface area contributed by atoms with Gasteiger partial charge >= 0.3 is 0 Å². The number of pyridine rings is 1. The number of aliphatic hydroxyl groups is 1. The molecule has 0 aromatic carbocycles. The van der Waals surface area contributed by atoms with Gasteiger partial charge in [0.15, 0.2) is 0 Å². The van der Waals surface area contributed by atoms with Crippen LogP contribution in [0.1, 0.15) is 31.2 Å². The Balaban J connectivity index is 2.21. The zero-order chi connectivity index (χ0) is 12.3. The zero-order valence-electron chi connectivity index (χ0n) is 9.57. The zero-order valence-corrected chi connectivity index (χ0v) is 10.4. The van der Waals surface area contributed by atoms with Crippen LogP contribution in [-0.2, 0) is 0 Å². The lowest BCUT2D eigenvalue weighted by Gasteiger charge is -2.12. The number of ether oxygens (including phenoxy) is 1. The Hall–Kier alpha value is -1.53. The quantitative estimate of drug-likeness (QED) is 0.897. The molecule has 17 heavy (non-hydrogen) atoms. The smallest absolute Gasteiger partial charge is 0.138 e. The molecule has 1 N–H and O–H groups in total. The second kappa shape index (κ2) is 5.20. The van der Waals surface area contributed by atoms with Crippen LogP contribution in [0.3, 0.4) is 0 Å². The predicted octanol–water partition coefficient (Wildman–Crippen LogP) is 1.80. The minimum atomic E-state index is -0.808. The van der Waals surface area contributed by atoms with E-state index in [1.807, 2.05) is 13.8 Å². The van der Waals surface area contributed by atoms with Crippen LogP contribution in [0, 0.1) is 0 Å². The van der Waals surface area contributed by atoms with Gasteiger partial charge < -0.3 is 9.84 Å². The van der Waals surface area contributed by atoms with E-state index >= 15 is 0 Å². The third-order valence-electron chi connectivity index (χ3n) is 2.08. The molecular formula is C11H13N3O2S. The van der Waals surface area contributed by atoms with Gasteiger partial charge in [-0.25, -0.2) is 0 Å². The number of nitrogens with zero attached hydrogens (tertiary/aromatic N) is 3. The lowest BCUT2D eigenvalue weighted by atomic mass is 10.1. The molecule has 2 rings (SSSR count). The highest BCUT2D eigenvalue weighted by Gasteiger charge is 2.14. The van der Waals surface area contributed by atoms with E-state index in [9.17, 15) is 5.11 Å². The molecule has 2 aromatic heterocycles. The van der Waals surface area contributed by atoms with E-state index in [4.69, 9.17) is 4.74 Å². The molecule has 0 aliphatic rings. The van der Waals surface area contributed by atoms with Crippen molar-refractivity contribution in [2.75, 3.05) is 0 Å². The predicted molar refractivity (Wildman–Crippen MR) is 64.0 cm³/mol. The fraction of sp³-hybridized carbons (Fsp3) is 0.364. The molecule has 5 nitrogen and oxygen atoms in total. The Labute approximate surface area is 103 Å². The first-order valence-corrected chi connectivity index (χ1v) is 5.97. The van der Waals surface area contributed by atoms with E-state index < -0.39 is 6.10 Å². The highest BCUT2D eigenvalue weighted by molar-refractivity contribution is 6.99. The lowest BCUT2D eigenvalue weighted by Crippen LogP contribution is -2.07. The summed E-state index contributed by atoms with van der Waals surface area (Å²) in [6.45, 7) is 3.88. The van der Waals surface area contributed by atoms with Gasteiger partial charge in [-0.2, -0.15) is 8.75 Å². The van der Waals surface area contributed by atoms with Gasteiger partial charge in [0.2, 0.25) is 0 Å². The van der Waals surface area contributed by atoms with Crippen molar-refractivity contribution >= 4 is 11.7 Å². The summed E-state index contributed by atoms with van der Waals surface area (Å²) in [5.41, 5.74) is 1.18. The summed E-state index contributed by atoms with van der Waals surface area (Å²) in [6, 6.07) is 1.76. The molecule has 1 atom stereocenters. The summed E-state index contributed by atoms with van der Waals surface area (Å²) >= 11 is 1.07. The number of aromatic nitrogens is 3. The molecule has 0 saturated heterocycles. The Morgan fingerprint density at radius 3 is 2.76 bits per heavy atom. The van der Waals surface area contributed by atoms with Crippen LogP contribution in [0.4, 0.5) is 0 Å². The van der Waals surface area contributed by atoms with Crippen molar-refractivity contribution < 1.29 is 9.84 Å². The molecule has 90 valence electrons. The van der Waals surface area contributed by atoms with Gasteiger partial charge in [0, 0.05) is 11.8 Å². The standard InChI is InChI=1S/C11H13N3O2S/c1-7(2)16-9-3-8(4-12-5-9)11(15)10-6-13-17-14-10/h3-7,11,15H,1-2H3. The van der Waals surface area contributed by atoms with Crippen LogP contribution in [0.15, 0.2) is 24.7 Å². The van der Waals surface area contributed by atoms with E-state index in [2.05, 4.69) is 13.7 Å². The van der Waals surface area contributed by atoms with Crippen LogP contribution in [0.25, 0.3) is 0 Å². The first-order valence-electron chi connectivity index (χ1n) is 5.24. The summed E-state index contributed by atoms with van der Waals surface area (Å²) in [4.78, 5) is 4.04.